The van der Waals surface area contributed by atoms with Gasteiger partial charge in [0.05, 0.1) is 16.1 Å². The molecule has 1 amide bonds. The van der Waals surface area contributed by atoms with Crippen LogP contribution in [0.4, 0.5) is 0 Å². The number of hydrogen-bond acceptors (Lipinski definition) is 3. The maximum Gasteiger partial charge on any atom is 0.226 e. The van der Waals surface area contributed by atoms with Gasteiger partial charge in [0, 0.05) is 37.9 Å². The lowest BCUT2D eigenvalue weighted by molar-refractivity contribution is -0.136. The Morgan fingerprint density at radius 3 is 2.92 bits per heavy atom. The van der Waals surface area contributed by atoms with Crippen LogP contribution in [0.2, 0.25) is 10.0 Å². The molecule has 25 heavy (non-hydrogen) atoms. The van der Waals surface area contributed by atoms with Crippen molar-refractivity contribution in [2.45, 2.75) is 18.4 Å². The number of nitrogens with one attached hydrogen (secondary N) is 1. The van der Waals surface area contributed by atoms with Crippen molar-refractivity contribution < 1.29 is 4.79 Å². The van der Waals surface area contributed by atoms with E-state index < -0.39 is 0 Å². The van der Waals surface area contributed by atoms with Gasteiger partial charge in [-0.25, -0.2) is 0 Å². The molecule has 4 nitrogen and oxygen atoms in total. The number of carbonyl (C=O) groups is 1. The molecule has 0 spiro atoms. The number of pyridine rings is 1. The smallest absolute Gasteiger partial charge is 0.226 e. The van der Waals surface area contributed by atoms with Gasteiger partial charge in [-0.1, -0.05) is 41.4 Å². The van der Waals surface area contributed by atoms with Crippen molar-refractivity contribution in [3.63, 3.8) is 0 Å². The van der Waals surface area contributed by atoms with E-state index >= 15 is 0 Å². The van der Waals surface area contributed by atoms with Crippen LogP contribution in [0.1, 0.15) is 29.5 Å². The average Bonchev–Trinajstić information content (AvgIpc) is 3.45. The highest BCUT2D eigenvalue weighted by molar-refractivity contribution is 6.42. The predicted octanol–water partition coefficient (Wildman–Crippen LogP) is 3.67. The van der Waals surface area contributed by atoms with Crippen molar-refractivity contribution in [3.05, 3.63) is 63.9 Å². The Balaban J connectivity index is 1.53. The van der Waals surface area contributed by atoms with E-state index in [2.05, 4.69) is 10.3 Å². The van der Waals surface area contributed by atoms with Crippen LogP contribution in [0.25, 0.3) is 0 Å². The lowest BCUT2D eigenvalue weighted by Crippen LogP contribution is -2.49. The monoisotopic (exact) mass is 375 g/mol. The normalized spacial score (nSPS) is 25.7. The van der Waals surface area contributed by atoms with E-state index in [0.29, 0.717) is 16.6 Å². The second-order valence-electron chi connectivity index (χ2n) is 6.63. The first-order valence-corrected chi connectivity index (χ1v) is 9.27. The Bertz CT molecular complexity index is 783. The van der Waals surface area contributed by atoms with Gasteiger partial charge in [-0.05, 0) is 35.6 Å². The third-order valence-corrected chi connectivity index (χ3v) is 5.92. The zero-order chi connectivity index (χ0) is 17.4. The van der Waals surface area contributed by atoms with Crippen LogP contribution in [0.5, 0.6) is 0 Å². The van der Waals surface area contributed by atoms with Gasteiger partial charge < -0.3 is 10.2 Å². The van der Waals surface area contributed by atoms with Crippen LogP contribution in [0.15, 0.2) is 42.7 Å². The van der Waals surface area contributed by atoms with Gasteiger partial charge in [0.25, 0.3) is 0 Å². The summed E-state index contributed by atoms with van der Waals surface area (Å²) in [7, 11) is 0. The van der Waals surface area contributed by atoms with Crippen LogP contribution >= 0.6 is 23.2 Å². The highest BCUT2D eigenvalue weighted by Gasteiger charge is 2.48. The Morgan fingerprint density at radius 2 is 2.12 bits per heavy atom. The number of rotatable bonds is 3. The molecule has 0 bridgehead atoms. The van der Waals surface area contributed by atoms with Crippen molar-refractivity contribution in [3.8, 4) is 0 Å². The lowest BCUT2D eigenvalue weighted by atomic mass is 10.0. The summed E-state index contributed by atoms with van der Waals surface area (Å²) in [5.41, 5.74) is 2.06. The van der Waals surface area contributed by atoms with Gasteiger partial charge in [0.2, 0.25) is 5.91 Å². The number of aromatic nitrogens is 1. The highest BCUT2D eigenvalue weighted by Crippen LogP contribution is 2.52. The number of piperazine rings is 1. The SMILES string of the molecule is O=C(C1CC1c1cccc(Cl)c1Cl)N1CCNCC1c1cccnc1. The predicted molar refractivity (Wildman–Crippen MR) is 98.9 cm³/mol. The zero-order valence-corrected chi connectivity index (χ0v) is 15.2. The van der Waals surface area contributed by atoms with Crippen LogP contribution in [-0.4, -0.2) is 35.4 Å². The summed E-state index contributed by atoms with van der Waals surface area (Å²) in [6.07, 6.45) is 4.43. The van der Waals surface area contributed by atoms with E-state index in [1.165, 1.54) is 0 Å². The Hall–Kier alpha value is -1.62. The van der Waals surface area contributed by atoms with Crippen LogP contribution in [0.3, 0.4) is 0 Å². The first-order chi connectivity index (χ1) is 12.2. The summed E-state index contributed by atoms with van der Waals surface area (Å²) in [6.45, 7) is 2.29. The molecule has 2 aliphatic rings. The molecule has 3 unspecified atom stereocenters. The van der Waals surface area contributed by atoms with Gasteiger partial charge >= 0.3 is 0 Å². The molecule has 4 rings (SSSR count). The van der Waals surface area contributed by atoms with Gasteiger partial charge in [-0.15, -0.1) is 0 Å². The molecular weight excluding hydrogens is 357 g/mol. The molecule has 1 saturated carbocycles. The summed E-state index contributed by atoms with van der Waals surface area (Å²) in [5.74, 6) is 0.368. The average molecular weight is 376 g/mol. The third-order valence-electron chi connectivity index (χ3n) is 5.08. The Kier molecular flexibility index (Phi) is 4.67. The molecule has 3 atom stereocenters. The maximum atomic E-state index is 13.1. The van der Waals surface area contributed by atoms with E-state index in [1.807, 2.05) is 35.4 Å². The van der Waals surface area contributed by atoms with E-state index in [4.69, 9.17) is 23.2 Å². The molecule has 2 heterocycles. The summed E-state index contributed by atoms with van der Waals surface area (Å²) in [4.78, 5) is 19.3. The molecule has 1 aliphatic carbocycles. The van der Waals surface area contributed by atoms with Gasteiger partial charge in [-0.3, -0.25) is 9.78 Å². The minimum Gasteiger partial charge on any atom is -0.333 e. The molecule has 1 aliphatic heterocycles. The number of benzene rings is 1. The quantitative estimate of drug-likeness (QED) is 0.889. The number of nitrogens with zero attached hydrogens (tertiary/aromatic N) is 2. The summed E-state index contributed by atoms with van der Waals surface area (Å²) < 4.78 is 0. The summed E-state index contributed by atoms with van der Waals surface area (Å²) in [5, 5.41) is 4.50. The Morgan fingerprint density at radius 1 is 1.24 bits per heavy atom. The Labute approximate surface area is 157 Å². The van der Waals surface area contributed by atoms with Crippen molar-refractivity contribution in [1.82, 2.24) is 15.2 Å². The van der Waals surface area contributed by atoms with Crippen LogP contribution in [-0.2, 0) is 4.79 Å². The minimum absolute atomic E-state index is 0.00626. The molecule has 1 N–H and O–H groups in total. The van der Waals surface area contributed by atoms with Gasteiger partial charge in [0.1, 0.15) is 0 Å². The lowest BCUT2D eigenvalue weighted by Gasteiger charge is -2.36. The zero-order valence-electron chi connectivity index (χ0n) is 13.7. The van der Waals surface area contributed by atoms with Crippen molar-refractivity contribution in [2.75, 3.05) is 19.6 Å². The van der Waals surface area contributed by atoms with Crippen molar-refractivity contribution >= 4 is 29.1 Å². The number of halogens is 2. The molecule has 1 saturated heterocycles. The molecule has 2 fully saturated rings. The number of carbonyl (C=O) groups excluding carboxylic acids is 1. The fraction of sp³-hybridized carbons (Fsp3) is 0.368. The first-order valence-electron chi connectivity index (χ1n) is 8.52. The third kappa shape index (κ3) is 3.26. The standard InChI is InChI=1S/C19H19Cl2N3O/c20-16-5-1-4-13(18(16)21)14-9-15(14)19(25)24-8-7-23-11-17(24)12-3-2-6-22-10-12/h1-6,10,14-15,17,23H,7-9,11H2. The molecular formula is C19H19Cl2N3O. The van der Waals surface area contributed by atoms with E-state index in [1.54, 1.807) is 12.3 Å². The summed E-state index contributed by atoms with van der Waals surface area (Å²) >= 11 is 12.5. The second kappa shape index (κ2) is 6.94. The van der Waals surface area contributed by atoms with Crippen LogP contribution < -0.4 is 5.32 Å². The summed E-state index contributed by atoms with van der Waals surface area (Å²) in [6, 6.07) is 9.63. The molecule has 1 aromatic carbocycles. The highest BCUT2D eigenvalue weighted by atomic mass is 35.5. The maximum absolute atomic E-state index is 13.1. The minimum atomic E-state index is -0.00626. The van der Waals surface area contributed by atoms with Gasteiger partial charge in [-0.2, -0.15) is 0 Å². The fourth-order valence-electron chi connectivity index (χ4n) is 3.67. The first kappa shape index (κ1) is 16.8. The largest absolute Gasteiger partial charge is 0.333 e. The fourth-order valence-corrected chi connectivity index (χ4v) is 4.12. The topological polar surface area (TPSA) is 45.2 Å². The van der Waals surface area contributed by atoms with Crippen molar-refractivity contribution in [1.29, 1.82) is 0 Å². The molecule has 130 valence electrons. The van der Waals surface area contributed by atoms with Crippen LogP contribution in [0, 0.1) is 5.92 Å². The molecule has 2 aromatic rings. The number of hydrogen-bond donors (Lipinski definition) is 1. The molecule has 6 heteroatoms. The molecule has 1 aromatic heterocycles. The second-order valence-corrected chi connectivity index (χ2v) is 7.41. The van der Waals surface area contributed by atoms with Crippen molar-refractivity contribution in [2.24, 2.45) is 5.92 Å². The number of amides is 1. The van der Waals surface area contributed by atoms with E-state index in [9.17, 15) is 4.79 Å². The van der Waals surface area contributed by atoms with Gasteiger partial charge in [0.15, 0.2) is 0 Å². The van der Waals surface area contributed by atoms with E-state index in [0.717, 1.165) is 30.6 Å². The molecule has 0 radical (unpaired) electrons. The van der Waals surface area contributed by atoms with E-state index in [-0.39, 0.29) is 23.8 Å².